The summed E-state index contributed by atoms with van der Waals surface area (Å²) in [5.41, 5.74) is 1.29. The molecule has 1 heterocycles. The van der Waals surface area contributed by atoms with Gasteiger partial charge in [0.15, 0.2) is 0 Å². The molecule has 2 aromatic rings. The van der Waals surface area contributed by atoms with Gasteiger partial charge in [-0.2, -0.15) is 12.7 Å². The summed E-state index contributed by atoms with van der Waals surface area (Å²) < 4.78 is 32.1. The van der Waals surface area contributed by atoms with E-state index in [-0.39, 0.29) is 6.10 Å². The van der Waals surface area contributed by atoms with Crippen molar-refractivity contribution in [2.75, 3.05) is 0 Å². The highest BCUT2D eigenvalue weighted by molar-refractivity contribution is 7.84. The van der Waals surface area contributed by atoms with E-state index in [1.54, 1.807) is 6.92 Å². The van der Waals surface area contributed by atoms with E-state index >= 15 is 0 Å². The molecule has 0 saturated carbocycles. The third-order valence-electron chi connectivity index (χ3n) is 4.36. The van der Waals surface area contributed by atoms with Gasteiger partial charge in [-0.1, -0.05) is 60.7 Å². The first kappa shape index (κ1) is 16.2. The number of nitrogens with zero attached hydrogens (tertiary/aromatic N) is 1. The molecule has 0 N–H and O–H groups in total. The second-order valence-electron chi connectivity index (χ2n) is 6.20. The van der Waals surface area contributed by atoms with Crippen LogP contribution < -0.4 is 0 Å². The molecule has 122 valence electrons. The summed E-state index contributed by atoms with van der Waals surface area (Å²) in [7, 11) is -3.79. The van der Waals surface area contributed by atoms with E-state index in [9.17, 15) is 8.42 Å². The van der Waals surface area contributed by atoms with Gasteiger partial charge < -0.3 is 0 Å². The minimum atomic E-state index is -3.79. The Morgan fingerprint density at radius 2 is 1.65 bits per heavy atom. The minimum absolute atomic E-state index is 0.293. The molecule has 2 atom stereocenters. The van der Waals surface area contributed by atoms with E-state index in [0.717, 1.165) is 11.1 Å². The van der Waals surface area contributed by atoms with Crippen LogP contribution in [0.15, 0.2) is 60.7 Å². The summed E-state index contributed by atoms with van der Waals surface area (Å²) in [5.74, 6) is 0. The lowest BCUT2D eigenvalue weighted by Crippen LogP contribution is -2.54. The zero-order chi connectivity index (χ0) is 16.5. The van der Waals surface area contributed by atoms with Crippen LogP contribution in [-0.4, -0.2) is 18.8 Å². The maximum atomic E-state index is 12.7. The molecule has 0 amide bonds. The molecule has 5 heteroatoms. The fraction of sp³-hybridized carbons (Fsp3) is 0.333. The molecule has 4 nitrogen and oxygen atoms in total. The summed E-state index contributed by atoms with van der Waals surface area (Å²) in [4.78, 5) is 0. The molecule has 0 radical (unpaired) electrons. The normalized spacial score (nSPS) is 27.7. The highest BCUT2D eigenvalue weighted by atomic mass is 32.2. The Bertz CT molecular complexity index is 761. The van der Waals surface area contributed by atoms with Gasteiger partial charge in [0.1, 0.15) is 0 Å². The Labute approximate surface area is 138 Å². The van der Waals surface area contributed by atoms with Crippen LogP contribution in [0.3, 0.4) is 0 Å². The predicted octanol–water partition coefficient (Wildman–Crippen LogP) is 3.46. The number of hydrogen-bond acceptors (Lipinski definition) is 3. The van der Waals surface area contributed by atoms with Crippen LogP contribution in [0, 0.1) is 0 Å². The lowest BCUT2D eigenvalue weighted by molar-refractivity contribution is 0.0488. The van der Waals surface area contributed by atoms with Gasteiger partial charge in [-0.3, -0.25) is 4.18 Å². The molecule has 0 aliphatic carbocycles. The van der Waals surface area contributed by atoms with Crippen molar-refractivity contribution in [3.8, 4) is 0 Å². The van der Waals surface area contributed by atoms with Gasteiger partial charge in [0.25, 0.3) is 0 Å². The molecule has 2 aromatic carbocycles. The first-order chi connectivity index (χ1) is 10.9. The van der Waals surface area contributed by atoms with Crippen molar-refractivity contribution in [1.29, 1.82) is 0 Å². The predicted molar refractivity (Wildman–Crippen MR) is 89.9 cm³/mol. The number of hydrogen-bond donors (Lipinski definition) is 0. The van der Waals surface area contributed by atoms with E-state index in [0.29, 0.717) is 13.0 Å². The third kappa shape index (κ3) is 3.17. The zero-order valence-corrected chi connectivity index (χ0v) is 14.2. The molecular weight excluding hydrogens is 310 g/mol. The molecule has 1 fully saturated rings. The van der Waals surface area contributed by atoms with Gasteiger partial charge >= 0.3 is 10.3 Å². The highest BCUT2D eigenvalue weighted by Crippen LogP contribution is 2.41. The van der Waals surface area contributed by atoms with Crippen LogP contribution in [0.5, 0.6) is 0 Å². The zero-order valence-electron chi connectivity index (χ0n) is 13.3. The Hall–Kier alpha value is -1.69. The van der Waals surface area contributed by atoms with Crippen molar-refractivity contribution in [1.82, 2.24) is 4.31 Å². The molecule has 23 heavy (non-hydrogen) atoms. The average molecular weight is 331 g/mol. The maximum absolute atomic E-state index is 12.7. The van der Waals surface area contributed by atoms with E-state index in [1.807, 2.05) is 67.6 Å². The fourth-order valence-electron chi connectivity index (χ4n) is 3.26. The first-order valence-corrected chi connectivity index (χ1v) is 9.09. The van der Waals surface area contributed by atoms with Crippen molar-refractivity contribution in [2.24, 2.45) is 0 Å². The molecule has 0 spiro atoms. The topological polar surface area (TPSA) is 46.6 Å². The van der Waals surface area contributed by atoms with Gasteiger partial charge in [-0.15, -0.1) is 0 Å². The van der Waals surface area contributed by atoms with Crippen LogP contribution in [0.4, 0.5) is 0 Å². The second-order valence-corrected chi connectivity index (χ2v) is 7.69. The minimum Gasteiger partial charge on any atom is -0.255 e. The van der Waals surface area contributed by atoms with Gasteiger partial charge in [0, 0.05) is 6.54 Å². The standard InChI is InChI=1S/C18H21NO3S/c1-15-13-18(2,17-11-7-4-8-12-17)19(23(20,21)22-15)14-16-9-5-3-6-10-16/h3-12,15H,13-14H2,1-2H3. The number of benzene rings is 2. The van der Waals surface area contributed by atoms with Crippen molar-refractivity contribution in [2.45, 2.75) is 38.5 Å². The summed E-state index contributed by atoms with van der Waals surface area (Å²) in [6, 6.07) is 19.4. The van der Waals surface area contributed by atoms with Crippen LogP contribution >= 0.6 is 0 Å². The first-order valence-electron chi connectivity index (χ1n) is 7.72. The SMILES string of the molecule is CC1CC(C)(c2ccccc2)N(Cc2ccccc2)S(=O)(=O)O1. The van der Waals surface area contributed by atoms with Crippen molar-refractivity contribution in [3.05, 3.63) is 71.8 Å². The monoisotopic (exact) mass is 331 g/mol. The van der Waals surface area contributed by atoms with Crippen molar-refractivity contribution < 1.29 is 12.6 Å². The molecule has 0 aromatic heterocycles. The summed E-state index contributed by atoms with van der Waals surface area (Å²) >= 11 is 0. The maximum Gasteiger partial charge on any atom is 0.339 e. The molecule has 2 unspecified atom stereocenters. The fourth-order valence-corrected chi connectivity index (χ4v) is 4.83. The molecule has 3 rings (SSSR count). The highest BCUT2D eigenvalue weighted by Gasteiger charge is 2.47. The Morgan fingerprint density at radius 1 is 1.09 bits per heavy atom. The van der Waals surface area contributed by atoms with Crippen molar-refractivity contribution >= 4 is 10.3 Å². The average Bonchev–Trinajstić information content (AvgIpc) is 2.52. The van der Waals surface area contributed by atoms with Crippen LogP contribution in [0.2, 0.25) is 0 Å². The smallest absolute Gasteiger partial charge is 0.255 e. The molecule has 1 aliphatic rings. The van der Waals surface area contributed by atoms with E-state index in [1.165, 1.54) is 4.31 Å². The quantitative estimate of drug-likeness (QED) is 0.865. The van der Waals surface area contributed by atoms with Crippen molar-refractivity contribution in [3.63, 3.8) is 0 Å². The number of rotatable bonds is 3. The Balaban J connectivity index is 2.06. The summed E-state index contributed by atoms with van der Waals surface area (Å²) in [5, 5.41) is 0. The molecule has 1 aliphatic heterocycles. The summed E-state index contributed by atoms with van der Waals surface area (Å²) in [6.07, 6.45) is 0.264. The molecular formula is C18H21NO3S. The molecule has 0 bridgehead atoms. The Kier molecular flexibility index (Phi) is 4.27. The van der Waals surface area contributed by atoms with E-state index < -0.39 is 15.8 Å². The molecule has 1 saturated heterocycles. The van der Waals surface area contributed by atoms with Gasteiger partial charge in [-0.25, -0.2) is 0 Å². The van der Waals surface area contributed by atoms with Crippen LogP contribution in [-0.2, 0) is 26.6 Å². The van der Waals surface area contributed by atoms with Gasteiger partial charge in [0.05, 0.1) is 11.6 Å². The summed E-state index contributed by atoms with van der Waals surface area (Å²) in [6.45, 7) is 4.07. The van der Waals surface area contributed by atoms with E-state index in [4.69, 9.17) is 4.18 Å². The second kappa shape index (κ2) is 6.07. The van der Waals surface area contributed by atoms with Gasteiger partial charge in [-0.05, 0) is 31.4 Å². The van der Waals surface area contributed by atoms with Crippen LogP contribution in [0.1, 0.15) is 31.4 Å². The van der Waals surface area contributed by atoms with E-state index in [2.05, 4.69) is 0 Å². The Morgan fingerprint density at radius 3 is 2.26 bits per heavy atom. The van der Waals surface area contributed by atoms with Crippen LogP contribution in [0.25, 0.3) is 0 Å². The lowest BCUT2D eigenvalue weighted by Gasteiger charge is -2.45. The lowest BCUT2D eigenvalue weighted by atomic mass is 9.86. The largest absolute Gasteiger partial charge is 0.339 e. The third-order valence-corrected chi connectivity index (χ3v) is 6.00. The van der Waals surface area contributed by atoms with Gasteiger partial charge in [0.2, 0.25) is 0 Å².